The number of ether oxygens (including phenoxy) is 2. The van der Waals surface area contributed by atoms with Gasteiger partial charge in [-0.25, -0.2) is 8.78 Å². The normalized spacial score (nSPS) is 36.4. The Labute approximate surface area is 235 Å². The molecule has 0 radical (unpaired) electrons. The van der Waals surface area contributed by atoms with E-state index in [1.165, 1.54) is 0 Å². The van der Waals surface area contributed by atoms with Crippen molar-refractivity contribution in [2.24, 2.45) is 46.3 Å². The Morgan fingerprint density at radius 2 is 1.70 bits per heavy atom. The van der Waals surface area contributed by atoms with Gasteiger partial charge in [-0.05, 0) is 67.1 Å². The number of alkyl halides is 2. The van der Waals surface area contributed by atoms with Crippen LogP contribution in [-0.4, -0.2) is 48.4 Å². The molecule has 0 bridgehead atoms. The molecule has 0 N–H and O–H groups in total. The molecule has 0 aliphatic heterocycles. The Hall–Kier alpha value is -2.19. The third-order valence-electron chi connectivity index (χ3n) is 11.0. The van der Waals surface area contributed by atoms with Gasteiger partial charge in [0.05, 0.1) is 6.61 Å². The van der Waals surface area contributed by atoms with Crippen LogP contribution in [0.5, 0.6) is 0 Å². The summed E-state index contributed by atoms with van der Waals surface area (Å²) in [6, 6.07) is 0. The van der Waals surface area contributed by atoms with Gasteiger partial charge in [-0.2, -0.15) is 0 Å². The number of ketones is 3. The molecule has 0 heterocycles. The lowest BCUT2D eigenvalue weighted by Crippen LogP contribution is -2.60. The van der Waals surface area contributed by atoms with Crippen molar-refractivity contribution >= 4 is 29.3 Å². The Morgan fingerprint density at radius 3 is 2.40 bits per heavy atom. The van der Waals surface area contributed by atoms with Gasteiger partial charge in [0, 0.05) is 56.8 Å². The predicted molar refractivity (Wildman–Crippen MR) is 141 cm³/mol. The standard InChI is InChI=1S/C31H44F2O7/c1-18(7-10-27(38)39-13-5-6-26(37)40-17-30(3,32)33)21-8-9-22-28-23(16-25(36)31(21,22)4)29(2)12-11-20(34)14-19(29)15-24(28)35/h18-19,21-23,28H,5-17H2,1-4H3/t18?,19-,21+,22-,23-,28-,29-,31+/m0/s1. The molecule has 0 aromatic rings. The summed E-state index contributed by atoms with van der Waals surface area (Å²) in [7, 11) is 0. The number of Topliss-reactive ketones (excluding diaryl/α,β-unsaturated/α-hetero) is 3. The fraction of sp³-hybridized carbons (Fsp3) is 0.839. The minimum Gasteiger partial charge on any atom is -0.466 e. The number of fused-ring (bicyclic) bond motifs is 5. The fourth-order valence-corrected chi connectivity index (χ4v) is 8.69. The molecule has 4 aliphatic rings. The fourth-order valence-electron chi connectivity index (χ4n) is 8.69. The maximum absolute atomic E-state index is 13.9. The van der Waals surface area contributed by atoms with Crippen molar-refractivity contribution in [1.29, 1.82) is 0 Å². The molecule has 0 saturated heterocycles. The maximum Gasteiger partial charge on any atom is 0.306 e. The number of hydrogen-bond donors (Lipinski definition) is 0. The molecule has 9 heteroatoms. The summed E-state index contributed by atoms with van der Waals surface area (Å²) in [4.78, 5) is 63.4. The molecule has 8 atom stereocenters. The largest absolute Gasteiger partial charge is 0.466 e. The van der Waals surface area contributed by atoms with Crippen molar-refractivity contribution < 1.29 is 42.2 Å². The molecule has 7 nitrogen and oxygen atoms in total. The Kier molecular flexibility index (Phi) is 8.92. The lowest BCUT2D eigenvalue weighted by Gasteiger charge is -2.58. The number of esters is 2. The Morgan fingerprint density at radius 1 is 1.00 bits per heavy atom. The second-order valence-corrected chi connectivity index (χ2v) is 13.5. The van der Waals surface area contributed by atoms with E-state index in [0.717, 1.165) is 19.3 Å². The Bertz CT molecular complexity index is 1040. The van der Waals surface area contributed by atoms with Crippen LogP contribution in [0.3, 0.4) is 0 Å². The monoisotopic (exact) mass is 566 g/mol. The van der Waals surface area contributed by atoms with Gasteiger partial charge in [-0.3, -0.25) is 24.0 Å². The summed E-state index contributed by atoms with van der Waals surface area (Å²) in [5.74, 6) is -3.44. The van der Waals surface area contributed by atoms with Crippen molar-refractivity contribution in [2.75, 3.05) is 13.2 Å². The number of rotatable bonds is 10. The van der Waals surface area contributed by atoms with Gasteiger partial charge < -0.3 is 9.47 Å². The van der Waals surface area contributed by atoms with Crippen LogP contribution in [0.15, 0.2) is 0 Å². The number of halogens is 2. The highest BCUT2D eigenvalue weighted by Gasteiger charge is 2.66. The maximum atomic E-state index is 13.9. The van der Waals surface area contributed by atoms with E-state index < -0.39 is 29.9 Å². The second kappa shape index (κ2) is 11.6. The van der Waals surface area contributed by atoms with Gasteiger partial charge in [0.15, 0.2) is 6.61 Å². The lowest BCUT2D eigenvalue weighted by atomic mass is 9.44. The zero-order valence-electron chi connectivity index (χ0n) is 24.3. The van der Waals surface area contributed by atoms with Gasteiger partial charge in [0.25, 0.3) is 5.92 Å². The van der Waals surface area contributed by atoms with E-state index in [0.29, 0.717) is 39.0 Å². The van der Waals surface area contributed by atoms with Crippen LogP contribution in [0.4, 0.5) is 8.78 Å². The summed E-state index contributed by atoms with van der Waals surface area (Å²) < 4.78 is 35.2. The van der Waals surface area contributed by atoms with Crippen LogP contribution >= 0.6 is 0 Å². The predicted octanol–water partition coefficient (Wildman–Crippen LogP) is 5.51. The summed E-state index contributed by atoms with van der Waals surface area (Å²) in [6.45, 7) is 6.02. The van der Waals surface area contributed by atoms with Crippen molar-refractivity contribution in [3.05, 3.63) is 0 Å². The molecule has 4 rings (SSSR count). The SMILES string of the molecule is CC(CCC(=O)OCCCC(=O)OCC(C)(F)F)[C@H]1CC[C@H]2[C@@H]3C(=O)C[C@@H]4CC(=O)CC[C@]4(C)[C@H]3CC(=O)[C@]12C. The highest BCUT2D eigenvalue weighted by Crippen LogP contribution is 2.66. The van der Waals surface area contributed by atoms with Crippen molar-refractivity contribution in [3.63, 3.8) is 0 Å². The highest BCUT2D eigenvalue weighted by atomic mass is 19.3. The summed E-state index contributed by atoms with van der Waals surface area (Å²) >= 11 is 0. The van der Waals surface area contributed by atoms with Crippen LogP contribution in [-0.2, 0) is 33.4 Å². The molecule has 0 aromatic carbocycles. The molecule has 40 heavy (non-hydrogen) atoms. The molecular weight excluding hydrogens is 522 g/mol. The zero-order chi connectivity index (χ0) is 29.5. The first-order valence-electron chi connectivity index (χ1n) is 14.9. The van der Waals surface area contributed by atoms with Gasteiger partial charge in [0.2, 0.25) is 0 Å². The minimum absolute atomic E-state index is 0.00305. The Balaban J connectivity index is 1.30. The van der Waals surface area contributed by atoms with E-state index in [-0.39, 0.29) is 84.1 Å². The molecule has 0 aromatic heterocycles. The average molecular weight is 567 g/mol. The van der Waals surface area contributed by atoms with E-state index in [1.54, 1.807) is 0 Å². The first-order chi connectivity index (χ1) is 18.7. The first kappa shape index (κ1) is 30.8. The molecule has 1 unspecified atom stereocenters. The first-order valence-corrected chi connectivity index (χ1v) is 14.9. The van der Waals surface area contributed by atoms with E-state index in [1.807, 2.05) is 6.92 Å². The van der Waals surface area contributed by atoms with Gasteiger partial charge in [0.1, 0.15) is 17.3 Å². The van der Waals surface area contributed by atoms with E-state index in [2.05, 4.69) is 18.6 Å². The summed E-state index contributed by atoms with van der Waals surface area (Å²) in [5.41, 5.74) is -0.738. The molecule has 0 amide bonds. The second-order valence-electron chi connectivity index (χ2n) is 13.5. The highest BCUT2D eigenvalue weighted by molar-refractivity contribution is 5.93. The summed E-state index contributed by atoms with van der Waals surface area (Å²) in [5, 5.41) is 0. The van der Waals surface area contributed by atoms with Crippen LogP contribution in [0.1, 0.15) is 98.3 Å². The lowest BCUT2D eigenvalue weighted by molar-refractivity contribution is -0.166. The van der Waals surface area contributed by atoms with E-state index >= 15 is 0 Å². The topological polar surface area (TPSA) is 104 Å². The molecule has 4 aliphatic carbocycles. The number of carbonyl (C=O) groups excluding carboxylic acids is 5. The van der Waals surface area contributed by atoms with Gasteiger partial charge >= 0.3 is 11.9 Å². The van der Waals surface area contributed by atoms with Crippen molar-refractivity contribution in [2.45, 2.75) is 104 Å². The quantitative estimate of drug-likeness (QED) is 0.254. The van der Waals surface area contributed by atoms with Gasteiger partial charge in [-0.15, -0.1) is 0 Å². The molecule has 0 spiro atoms. The zero-order valence-corrected chi connectivity index (χ0v) is 24.3. The van der Waals surface area contributed by atoms with Gasteiger partial charge in [-0.1, -0.05) is 20.8 Å². The third kappa shape index (κ3) is 6.03. The van der Waals surface area contributed by atoms with Crippen LogP contribution < -0.4 is 0 Å². The third-order valence-corrected chi connectivity index (χ3v) is 11.0. The van der Waals surface area contributed by atoms with Crippen LogP contribution in [0.2, 0.25) is 0 Å². The number of hydrogen-bond acceptors (Lipinski definition) is 7. The average Bonchev–Trinajstić information content (AvgIpc) is 3.23. The van der Waals surface area contributed by atoms with Crippen LogP contribution in [0, 0.1) is 46.3 Å². The van der Waals surface area contributed by atoms with E-state index in [9.17, 15) is 32.8 Å². The molecule has 4 fully saturated rings. The summed E-state index contributed by atoms with van der Waals surface area (Å²) in [6.07, 6.45) is 5.08. The number of carbonyl (C=O) groups is 5. The molecule has 224 valence electrons. The van der Waals surface area contributed by atoms with Crippen molar-refractivity contribution in [1.82, 2.24) is 0 Å². The minimum atomic E-state index is -3.08. The van der Waals surface area contributed by atoms with E-state index in [4.69, 9.17) is 4.74 Å². The smallest absolute Gasteiger partial charge is 0.306 e. The van der Waals surface area contributed by atoms with Crippen molar-refractivity contribution in [3.8, 4) is 0 Å². The molecular formula is C31H44F2O7. The molecule has 4 saturated carbocycles. The van der Waals surface area contributed by atoms with Crippen LogP contribution in [0.25, 0.3) is 0 Å².